The average Bonchev–Trinajstić information content (AvgIpc) is 3.43. The molecule has 35 heavy (non-hydrogen) atoms. The zero-order valence-corrected chi connectivity index (χ0v) is 19.1. The largest absolute Gasteiger partial charge is 0.386 e. The molecule has 3 heterocycles. The van der Waals surface area contributed by atoms with Gasteiger partial charge in [-0.2, -0.15) is 0 Å². The van der Waals surface area contributed by atoms with Crippen molar-refractivity contribution in [2.24, 2.45) is 0 Å². The number of carbonyl (C=O) groups is 4. The van der Waals surface area contributed by atoms with Crippen LogP contribution in [0.15, 0.2) is 48.7 Å². The highest BCUT2D eigenvalue weighted by atomic mass is 16.3. The number of rotatable bonds is 5. The van der Waals surface area contributed by atoms with Gasteiger partial charge < -0.3 is 5.11 Å². The number of amides is 4. The maximum absolute atomic E-state index is 13.1. The van der Waals surface area contributed by atoms with Crippen LogP contribution in [0, 0.1) is 6.92 Å². The van der Waals surface area contributed by atoms with Gasteiger partial charge in [0.1, 0.15) is 17.8 Å². The number of nitrogens with zero attached hydrogens (tertiary/aromatic N) is 4. The second-order valence-corrected chi connectivity index (χ2v) is 8.89. The number of aliphatic hydroxyl groups is 1. The number of hydrogen-bond donors (Lipinski definition) is 2. The Bertz CT molecular complexity index is 1360. The molecule has 178 valence electrons. The van der Waals surface area contributed by atoms with Crippen LogP contribution in [0.25, 0.3) is 11.3 Å². The Hall–Kier alpha value is -4.18. The Morgan fingerprint density at radius 3 is 2.46 bits per heavy atom. The van der Waals surface area contributed by atoms with Gasteiger partial charge in [-0.05, 0) is 38.0 Å². The summed E-state index contributed by atoms with van der Waals surface area (Å²) in [6.45, 7) is 3.80. The third kappa shape index (κ3) is 3.91. The summed E-state index contributed by atoms with van der Waals surface area (Å²) in [5.41, 5.74) is 3.25. The molecule has 2 aromatic carbocycles. The van der Waals surface area contributed by atoms with Crippen molar-refractivity contribution in [3.05, 3.63) is 70.9 Å². The Morgan fingerprint density at radius 2 is 1.74 bits per heavy atom. The van der Waals surface area contributed by atoms with E-state index in [1.165, 1.54) is 6.07 Å². The van der Waals surface area contributed by atoms with Gasteiger partial charge in [-0.1, -0.05) is 41.1 Å². The van der Waals surface area contributed by atoms with Crippen LogP contribution < -0.4 is 5.32 Å². The van der Waals surface area contributed by atoms with Crippen molar-refractivity contribution in [3.63, 3.8) is 0 Å². The smallest absolute Gasteiger partial charge is 0.262 e. The monoisotopic (exact) mass is 473 g/mol. The van der Waals surface area contributed by atoms with E-state index in [9.17, 15) is 24.3 Å². The first-order valence-electron chi connectivity index (χ1n) is 11.3. The lowest BCUT2D eigenvalue weighted by Crippen LogP contribution is -2.54. The molecule has 3 aromatic rings. The Labute approximate surface area is 200 Å². The number of piperidine rings is 1. The zero-order valence-electron chi connectivity index (χ0n) is 19.1. The molecule has 2 aliphatic heterocycles. The molecule has 0 saturated carbocycles. The standard InChI is InChI=1S/C25H23N5O5/c1-13-3-5-15(6-4-13)22(32)14(2)29-12-19(27-28-29)16-7-8-17-18(11-16)25(35)30(24(17)34)20-9-10-21(31)26-23(20)33/h3-8,11-12,14,20,22,32H,9-10H2,1-2H3,(H,26,31,33). The van der Waals surface area contributed by atoms with E-state index in [2.05, 4.69) is 15.6 Å². The molecule has 0 radical (unpaired) electrons. The number of hydrogen-bond acceptors (Lipinski definition) is 7. The summed E-state index contributed by atoms with van der Waals surface area (Å²) >= 11 is 0. The van der Waals surface area contributed by atoms with Crippen molar-refractivity contribution in [1.82, 2.24) is 25.2 Å². The van der Waals surface area contributed by atoms with Gasteiger partial charge in [-0.3, -0.25) is 29.4 Å². The van der Waals surface area contributed by atoms with Crippen LogP contribution in [0.5, 0.6) is 0 Å². The van der Waals surface area contributed by atoms with Gasteiger partial charge >= 0.3 is 0 Å². The third-order valence-electron chi connectivity index (χ3n) is 6.54. The van der Waals surface area contributed by atoms with Crippen LogP contribution in [0.4, 0.5) is 0 Å². The number of aryl methyl sites for hydroxylation is 1. The van der Waals surface area contributed by atoms with Crippen LogP contribution >= 0.6 is 0 Å². The van der Waals surface area contributed by atoms with Gasteiger partial charge in [0.2, 0.25) is 11.8 Å². The van der Waals surface area contributed by atoms with Crippen molar-refractivity contribution in [1.29, 1.82) is 0 Å². The molecule has 10 nitrogen and oxygen atoms in total. The fourth-order valence-electron chi connectivity index (χ4n) is 4.43. The summed E-state index contributed by atoms with van der Waals surface area (Å²) in [4.78, 5) is 50.6. The Kier molecular flexibility index (Phi) is 5.52. The zero-order chi connectivity index (χ0) is 24.9. The molecule has 0 aliphatic carbocycles. The van der Waals surface area contributed by atoms with E-state index in [1.54, 1.807) is 23.0 Å². The fourth-order valence-corrected chi connectivity index (χ4v) is 4.43. The van der Waals surface area contributed by atoms with Crippen LogP contribution in [0.3, 0.4) is 0 Å². The number of nitrogens with one attached hydrogen (secondary N) is 1. The highest BCUT2D eigenvalue weighted by Gasteiger charge is 2.44. The number of carbonyl (C=O) groups excluding carboxylic acids is 4. The highest BCUT2D eigenvalue weighted by molar-refractivity contribution is 6.23. The molecule has 4 amide bonds. The maximum atomic E-state index is 13.1. The topological polar surface area (TPSA) is 134 Å². The first kappa shape index (κ1) is 22.6. The van der Waals surface area contributed by atoms with E-state index >= 15 is 0 Å². The molecule has 0 bridgehead atoms. The van der Waals surface area contributed by atoms with Gasteiger partial charge in [0.15, 0.2) is 0 Å². The fraction of sp³-hybridized carbons (Fsp3) is 0.280. The predicted octanol–water partition coefficient (Wildman–Crippen LogP) is 1.95. The van der Waals surface area contributed by atoms with Crippen LogP contribution in [0.2, 0.25) is 0 Å². The first-order valence-corrected chi connectivity index (χ1v) is 11.3. The molecule has 2 aliphatic rings. The number of aromatic nitrogens is 3. The molecular weight excluding hydrogens is 450 g/mol. The molecular formula is C25H23N5O5. The van der Waals surface area contributed by atoms with Crippen molar-refractivity contribution in [2.45, 2.75) is 44.9 Å². The summed E-state index contributed by atoms with van der Waals surface area (Å²) in [7, 11) is 0. The summed E-state index contributed by atoms with van der Waals surface area (Å²) < 4.78 is 1.55. The van der Waals surface area contributed by atoms with Crippen LogP contribution in [-0.2, 0) is 9.59 Å². The lowest BCUT2D eigenvalue weighted by molar-refractivity contribution is -0.136. The van der Waals surface area contributed by atoms with Gasteiger partial charge in [0.25, 0.3) is 11.8 Å². The van der Waals surface area contributed by atoms with E-state index in [0.29, 0.717) is 11.3 Å². The normalized spacial score (nSPS) is 19.5. The predicted molar refractivity (Wildman–Crippen MR) is 123 cm³/mol. The highest BCUT2D eigenvalue weighted by Crippen LogP contribution is 2.32. The minimum absolute atomic E-state index is 0.0603. The second kappa shape index (κ2) is 8.55. The van der Waals surface area contributed by atoms with Crippen LogP contribution in [-0.4, -0.2) is 54.7 Å². The van der Waals surface area contributed by atoms with Crippen molar-refractivity contribution in [2.75, 3.05) is 0 Å². The van der Waals surface area contributed by atoms with Gasteiger partial charge in [0.05, 0.1) is 23.4 Å². The molecule has 1 saturated heterocycles. The molecule has 10 heteroatoms. The lowest BCUT2D eigenvalue weighted by atomic mass is 10.0. The lowest BCUT2D eigenvalue weighted by Gasteiger charge is -2.27. The second-order valence-electron chi connectivity index (χ2n) is 8.89. The number of aliphatic hydroxyl groups excluding tert-OH is 1. The number of imide groups is 2. The maximum Gasteiger partial charge on any atom is 0.262 e. The van der Waals surface area contributed by atoms with Gasteiger partial charge in [-0.25, -0.2) is 4.68 Å². The minimum atomic E-state index is -1.02. The minimum Gasteiger partial charge on any atom is -0.386 e. The number of benzene rings is 2. The molecule has 2 N–H and O–H groups in total. The van der Waals surface area contributed by atoms with Crippen molar-refractivity contribution >= 4 is 23.6 Å². The Balaban J connectivity index is 1.38. The summed E-state index contributed by atoms with van der Waals surface area (Å²) in [5, 5.41) is 21.3. The van der Waals surface area contributed by atoms with E-state index in [-0.39, 0.29) is 24.0 Å². The molecule has 1 fully saturated rings. The van der Waals surface area contributed by atoms with Crippen LogP contribution in [0.1, 0.15) is 63.8 Å². The van der Waals surface area contributed by atoms with E-state index < -0.39 is 41.8 Å². The summed E-state index contributed by atoms with van der Waals surface area (Å²) in [6.07, 6.45) is 1.03. The summed E-state index contributed by atoms with van der Waals surface area (Å²) in [6, 6.07) is 10.9. The molecule has 3 unspecified atom stereocenters. The van der Waals surface area contributed by atoms with E-state index in [1.807, 2.05) is 38.1 Å². The summed E-state index contributed by atoms with van der Waals surface area (Å²) in [5.74, 6) is -2.23. The number of fused-ring (bicyclic) bond motifs is 1. The quantitative estimate of drug-likeness (QED) is 0.541. The Morgan fingerprint density at radius 1 is 1.03 bits per heavy atom. The first-order chi connectivity index (χ1) is 16.7. The SMILES string of the molecule is Cc1ccc(C(O)C(C)n2cc(-c3ccc4c(c3)C(=O)N(C3CCC(=O)NC3=O)C4=O)nn2)cc1. The van der Waals surface area contributed by atoms with Crippen molar-refractivity contribution in [3.8, 4) is 11.3 Å². The van der Waals surface area contributed by atoms with E-state index in [0.717, 1.165) is 16.0 Å². The van der Waals surface area contributed by atoms with E-state index in [4.69, 9.17) is 0 Å². The van der Waals surface area contributed by atoms with Gasteiger partial charge in [0, 0.05) is 12.0 Å². The average molecular weight is 473 g/mol. The molecule has 3 atom stereocenters. The van der Waals surface area contributed by atoms with Crippen molar-refractivity contribution < 1.29 is 24.3 Å². The molecule has 0 spiro atoms. The molecule has 1 aromatic heterocycles. The third-order valence-corrected chi connectivity index (χ3v) is 6.54. The van der Waals surface area contributed by atoms with Gasteiger partial charge in [-0.15, -0.1) is 5.10 Å². The molecule has 5 rings (SSSR count).